The van der Waals surface area contributed by atoms with Gasteiger partial charge in [0.1, 0.15) is 5.75 Å². The normalized spacial score (nSPS) is 16.1. The zero-order valence-corrected chi connectivity index (χ0v) is 15.1. The molecule has 1 aliphatic rings. The number of nitrogens with one attached hydrogen (secondary N) is 1. The minimum Gasteiger partial charge on any atom is -0.508 e. The molecule has 3 heteroatoms. The van der Waals surface area contributed by atoms with Crippen molar-refractivity contribution in [1.29, 1.82) is 0 Å². The summed E-state index contributed by atoms with van der Waals surface area (Å²) in [6.07, 6.45) is 5.23. The zero-order valence-electron chi connectivity index (χ0n) is 15.1. The van der Waals surface area contributed by atoms with Gasteiger partial charge in [0, 0.05) is 28.2 Å². The topological polar surface area (TPSA) is 48.9 Å². The number of pyridine rings is 1. The second-order valence-electron chi connectivity index (χ2n) is 8.21. The summed E-state index contributed by atoms with van der Waals surface area (Å²) in [5, 5.41) is 12.2. The van der Waals surface area contributed by atoms with Crippen molar-refractivity contribution in [2.75, 3.05) is 0 Å². The first-order valence-corrected chi connectivity index (χ1v) is 9.22. The number of fused-ring (bicyclic) bond motifs is 5. The number of aryl methyl sites for hydroxylation is 1. The molecule has 2 aromatic heterocycles. The molecule has 1 aliphatic carbocycles. The molecule has 0 spiro atoms. The van der Waals surface area contributed by atoms with Crippen LogP contribution >= 0.6 is 0 Å². The molecular weight excluding hydrogens is 320 g/mol. The van der Waals surface area contributed by atoms with Crippen molar-refractivity contribution in [1.82, 2.24) is 9.97 Å². The van der Waals surface area contributed by atoms with E-state index in [2.05, 4.69) is 42.0 Å². The molecule has 130 valence electrons. The maximum absolute atomic E-state index is 9.67. The molecule has 4 aromatic rings. The lowest BCUT2D eigenvalue weighted by atomic mass is 9.72. The number of benzene rings is 2. The predicted octanol–water partition coefficient (Wildman–Crippen LogP) is 5.60. The number of aromatic amines is 1. The molecular formula is C23H22N2O. The Labute approximate surface area is 152 Å². The molecule has 0 amide bonds. The van der Waals surface area contributed by atoms with Gasteiger partial charge in [0.2, 0.25) is 0 Å². The number of aromatic hydroxyl groups is 1. The Morgan fingerprint density at radius 2 is 1.81 bits per heavy atom. The third kappa shape index (κ3) is 2.31. The molecule has 26 heavy (non-hydrogen) atoms. The molecule has 2 aromatic carbocycles. The van der Waals surface area contributed by atoms with Crippen molar-refractivity contribution in [3.05, 3.63) is 59.8 Å². The van der Waals surface area contributed by atoms with Crippen LogP contribution in [0.1, 0.15) is 31.4 Å². The highest BCUT2D eigenvalue weighted by Gasteiger charge is 2.29. The summed E-state index contributed by atoms with van der Waals surface area (Å²) in [6, 6.07) is 13.9. The van der Waals surface area contributed by atoms with E-state index in [0.29, 0.717) is 11.2 Å². The van der Waals surface area contributed by atoms with Crippen LogP contribution in [0, 0.1) is 5.41 Å². The molecule has 0 unspecified atom stereocenters. The molecule has 0 saturated heterocycles. The summed E-state index contributed by atoms with van der Waals surface area (Å²) in [5.74, 6) is 0.299. The van der Waals surface area contributed by atoms with Gasteiger partial charge in [0.05, 0.1) is 5.52 Å². The first-order valence-electron chi connectivity index (χ1n) is 9.22. The zero-order chi connectivity index (χ0) is 17.9. The van der Waals surface area contributed by atoms with E-state index in [4.69, 9.17) is 0 Å². The number of phenolic OH excluding ortho intramolecular Hbond substituents is 1. The van der Waals surface area contributed by atoms with Crippen LogP contribution in [0.25, 0.3) is 33.1 Å². The van der Waals surface area contributed by atoms with E-state index in [-0.39, 0.29) is 0 Å². The maximum Gasteiger partial charge on any atom is 0.115 e. The number of aromatic nitrogens is 2. The smallest absolute Gasteiger partial charge is 0.115 e. The Kier molecular flexibility index (Phi) is 3.17. The maximum atomic E-state index is 9.67. The quantitative estimate of drug-likeness (QED) is 0.473. The molecule has 0 saturated carbocycles. The van der Waals surface area contributed by atoms with Gasteiger partial charge in [-0.2, -0.15) is 0 Å². The van der Waals surface area contributed by atoms with Crippen molar-refractivity contribution in [2.45, 2.75) is 33.1 Å². The Bertz CT molecular complexity index is 1140. The molecule has 0 radical (unpaired) electrons. The van der Waals surface area contributed by atoms with Crippen LogP contribution in [0.5, 0.6) is 5.75 Å². The van der Waals surface area contributed by atoms with E-state index in [1.54, 1.807) is 12.1 Å². The number of nitrogens with zero attached hydrogens (tertiary/aromatic N) is 1. The van der Waals surface area contributed by atoms with Gasteiger partial charge in [-0.15, -0.1) is 0 Å². The van der Waals surface area contributed by atoms with Crippen LogP contribution in [0.15, 0.2) is 48.7 Å². The molecule has 0 fully saturated rings. The van der Waals surface area contributed by atoms with Gasteiger partial charge in [-0.1, -0.05) is 13.8 Å². The molecule has 0 bridgehead atoms. The number of phenols is 1. The highest BCUT2D eigenvalue weighted by atomic mass is 16.3. The Balaban J connectivity index is 1.88. The number of rotatable bonds is 1. The van der Waals surface area contributed by atoms with Gasteiger partial charge in [-0.25, -0.2) is 0 Å². The van der Waals surface area contributed by atoms with Crippen molar-refractivity contribution < 1.29 is 5.11 Å². The van der Waals surface area contributed by atoms with E-state index < -0.39 is 0 Å². The van der Waals surface area contributed by atoms with Crippen LogP contribution in [-0.2, 0) is 12.8 Å². The Hall–Kier alpha value is -2.81. The lowest BCUT2D eigenvalue weighted by molar-refractivity contribution is 0.316. The fourth-order valence-corrected chi connectivity index (χ4v) is 4.40. The van der Waals surface area contributed by atoms with Crippen molar-refractivity contribution >= 4 is 21.8 Å². The van der Waals surface area contributed by atoms with Crippen LogP contribution in [-0.4, -0.2) is 15.1 Å². The van der Waals surface area contributed by atoms with Gasteiger partial charge in [0.25, 0.3) is 0 Å². The minimum atomic E-state index is 0.290. The number of hydrogen-bond donors (Lipinski definition) is 2. The Morgan fingerprint density at radius 3 is 2.62 bits per heavy atom. The van der Waals surface area contributed by atoms with Gasteiger partial charge < -0.3 is 10.1 Å². The van der Waals surface area contributed by atoms with E-state index in [9.17, 15) is 5.11 Å². The monoisotopic (exact) mass is 342 g/mol. The molecule has 0 aliphatic heterocycles. The molecule has 5 rings (SSSR count). The van der Waals surface area contributed by atoms with Crippen LogP contribution in [0.2, 0.25) is 0 Å². The van der Waals surface area contributed by atoms with Crippen LogP contribution in [0.4, 0.5) is 0 Å². The van der Waals surface area contributed by atoms with Gasteiger partial charge in [-0.05, 0) is 83.8 Å². The summed E-state index contributed by atoms with van der Waals surface area (Å²) in [7, 11) is 0. The molecule has 3 nitrogen and oxygen atoms in total. The van der Waals surface area contributed by atoms with Crippen molar-refractivity contribution in [3.63, 3.8) is 0 Å². The fraction of sp³-hybridized carbons (Fsp3) is 0.261. The highest BCUT2D eigenvalue weighted by Crippen LogP contribution is 2.43. The van der Waals surface area contributed by atoms with Gasteiger partial charge in [-0.3, -0.25) is 4.98 Å². The van der Waals surface area contributed by atoms with E-state index in [1.165, 1.54) is 34.0 Å². The highest BCUT2D eigenvalue weighted by molar-refractivity contribution is 6.08. The van der Waals surface area contributed by atoms with Crippen molar-refractivity contribution in [3.8, 4) is 17.0 Å². The lowest BCUT2D eigenvalue weighted by Crippen LogP contribution is -2.23. The van der Waals surface area contributed by atoms with Gasteiger partial charge in [0.15, 0.2) is 0 Å². The lowest BCUT2D eigenvalue weighted by Gasteiger charge is -2.33. The molecule has 2 heterocycles. The largest absolute Gasteiger partial charge is 0.508 e. The standard InChI is InChI=1S/C23H22N2O/c1-23(2)11-9-16-18(13-23)22(14-3-5-15(26)6-4-14)25-20-8-7-19-17(21(16)20)10-12-24-19/h3-8,10,12,25-26H,9,11,13H2,1-2H3. The summed E-state index contributed by atoms with van der Waals surface area (Å²) in [6.45, 7) is 4.71. The minimum absolute atomic E-state index is 0.290. The SMILES string of the molecule is CC1(C)CCc2c(c(-c3ccc(O)cc3)[nH]c3ccc4nccc4c23)C1. The second-order valence-corrected chi connectivity index (χ2v) is 8.21. The predicted molar refractivity (Wildman–Crippen MR) is 107 cm³/mol. The molecule has 0 atom stereocenters. The summed E-state index contributed by atoms with van der Waals surface area (Å²) >= 11 is 0. The van der Waals surface area contributed by atoms with Crippen LogP contribution < -0.4 is 0 Å². The average Bonchev–Trinajstić information content (AvgIpc) is 3.09. The van der Waals surface area contributed by atoms with Crippen LogP contribution in [0.3, 0.4) is 0 Å². The van der Waals surface area contributed by atoms with E-state index in [0.717, 1.165) is 29.4 Å². The van der Waals surface area contributed by atoms with Crippen molar-refractivity contribution in [2.24, 2.45) is 5.41 Å². The third-order valence-corrected chi connectivity index (χ3v) is 5.77. The molecule has 2 N–H and O–H groups in total. The average molecular weight is 342 g/mol. The fourth-order valence-electron chi connectivity index (χ4n) is 4.40. The Morgan fingerprint density at radius 1 is 1.00 bits per heavy atom. The number of H-pyrrole nitrogens is 1. The second kappa shape index (κ2) is 5.34. The summed E-state index contributed by atoms with van der Waals surface area (Å²) in [5.41, 5.74) is 7.69. The van der Waals surface area contributed by atoms with E-state index >= 15 is 0 Å². The van der Waals surface area contributed by atoms with E-state index in [1.807, 2.05) is 18.3 Å². The third-order valence-electron chi connectivity index (χ3n) is 5.77. The number of hydrogen-bond acceptors (Lipinski definition) is 2. The first-order chi connectivity index (χ1) is 12.5. The van der Waals surface area contributed by atoms with Gasteiger partial charge >= 0.3 is 0 Å². The summed E-state index contributed by atoms with van der Waals surface area (Å²) in [4.78, 5) is 8.20. The summed E-state index contributed by atoms with van der Waals surface area (Å²) < 4.78 is 0. The first kappa shape index (κ1) is 15.4.